The molecule has 2 heterocycles. The van der Waals surface area contributed by atoms with Gasteiger partial charge in [-0.3, -0.25) is 14.7 Å². The van der Waals surface area contributed by atoms with Crippen LogP contribution in [-0.4, -0.2) is 15.2 Å². The molecule has 0 spiro atoms. The Morgan fingerprint density at radius 2 is 1.81 bits per heavy atom. The Bertz CT molecular complexity index is 729. The molecule has 1 aliphatic rings. The molecule has 0 N–H and O–H groups in total. The number of benzene rings is 1. The van der Waals surface area contributed by atoms with Crippen LogP contribution >= 0.6 is 39.9 Å². The minimum absolute atomic E-state index is 0.0934. The number of carbonyl (C=O) groups excluding carboxylic acids is 1. The zero-order chi connectivity index (χ0) is 14.8. The van der Waals surface area contributed by atoms with Crippen LogP contribution in [0.1, 0.15) is 5.56 Å². The molecule has 0 radical (unpaired) electrons. The van der Waals surface area contributed by atoms with Gasteiger partial charge in [-0.15, -0.1) is 0 Å². The monoisotopic (exact) mass is 376 g/mol. The SMILES string of the molecule is O=C1C(=Cc2ccncc2)SC(=S)N1c1ccc(Br)cc1. The van der Waals surface area contributed by atoms with Crippen LogP contribution in [0.5, 0.6) is 0 Å². The van der Waals surface area contributed by atoms with Crippen molar-refractivity contribution in [3.05, 3.63) is 63.7 Å². The lowest BCUT2D eigenvalue weighted by Crippen LogP contribution is -2.27. The lowest BCUT2D eigenvalue weighted by molar-refractivity contribution is -0.113. The Morgan fingerprint density at radius 3 is 2.48 bits per heavy atom. The molecule has 1 aromatic carbocycles. The number of amides is 1. The molecule has 0 aliphatic carbocycles. The van der Waals surface area contributed by atoms with Crippen LogP contribution in [-0.2, 0) is 4.79 Å². The van der Waals surface area contributed by atoms with E-state index in [0.29, 0.717) is 9.23 Å². The highest BCUT2D eigenvalue weighted by atomic mass is 79.9. The number of aromatic nitrogens is 1. The van der Waals surface area contributed by atoms with Crippen molar-refractivity contribution in [3.63, 3.8) is 0 Å². The maximum atomic E-state index is 12.5. The molecule has 2 aromatic rings. The first-order valence-corrected chi connectivity index (χ1v) is 8.10. The molecule has 1 saturated heterocycles. The minimum Gasteiger partial charge on any atom is -0.268 e. The highest BCUT2D eigenvalue weighted by Gasteiger charge is 2.33. The molecular formula is C15H9BrN2OS2. The molecule has 0 bridgehead atoms. The standard InChI is InChI=1S/C15H9BrN2OS2/c16-11-1-3-12(4-2-11)18-14(19)13(21-15(18)20)9-10-5-7-17-8-6-10/h1-9H. The van der Waals surface area contributed by atoms with Crippen LogP contribution in [0.3, 0.4) is 0 Å². The third-order valence-corrected chi connectivity index (χ3v) is 4.71. The Hall–Kier alpha value is -1.50. The number of hydrogen-bond donors (Lipinski definition) is 0. The lowest BCUT2D eigenvalue weighted by atomic mass is 10.2. The van der Waals surface area contributed by atoms with E-state index in [1.165, 1.54) is 11.8 Å². The van der Waals surface area contributed by atoms with Crippen molar-refractivity contribution >= 4 is 61.9 Å². The molecule has 1 fully saturated rings. The first-order valence-electron chi connectivity index (χ1n) is 6.09. The number of pyridine rings is 1. The number of carbonyl (C=O) groups is 1. The molecule has 6 heteroatoms. The molecule has 3 rings (SSSR count). The van der Waals surface area contributed by atoms with Gasteiger partial charge in [0.25, 0.3) is 5.91 Å². The zero-order valence-electron chi connectivity index (χ0n) is 10.7. The predicted octanol–water partition coefficient (Wildman–Crippen LogP) is 4.25. The van der Waals surface area contributed by atoms with Crippen LogP contribution in [0.2, 0.25) is 0 Å². The van der Waals surface area contributed by atoms with Gasteiger partial charge in [0.15, 0.2) is 4.32 Å². The number of hydrogen-bond acceptors (Lipinski definition) is 4. The summed E-state index contributed by atoms with van der Waals surface area (Å²) in [5, 5.41) is 0. The second kappa shape index (κ2) is 6.09. The fourth-order valence-corrected chi connectivity index (χ4v) is 3.45. The Morgan fingerprint density at radius 1 is 1.14 bits per heavy atom. The molecule has 0 saturated carbocycles. The summed E-state index contributed by atoms with van der Waals surface area (Å²) in [7, 11) is 0. The molecule has 3 nitrogen and oxygen atoms in total. The zero-order valence-corrected chi connectivity index (χ0v) is 13.9. The van der Waals surface area contributed by atoms with Gasteiger partial charge in [-0.2, -0.15) is 0 Å². The number of rotatable bonds is 2. The summed E-state index contributed by atoms with van der Waals surface area (Å²) < 4.78 is 1.51. The summed E-state index contributed by atoms with van der Waals surface area (Å²) in [6, 6.07) is 11.2. The van der Waals surface area contributed by atoms with E-state index in [0.717, 1.165) is 15.7 Å². The number of nitrogens with zero attached hydrogens (tertiary/aromatic N) is 2. The minimum atomic E-state index is -0.0934. The number of halogens is 1. The topological polar surface area (TPSA) is 33.2 Å². The largest absolute Gasteiger partial charge is 0.270 e. The van der Waals surface area contributed by atoms with Gasteiger partial charge in [-0.1, -0.05) is 39.9 Å². The van der Waals surface area contributed by atoms with Crippen molar-refractivity contribution in [2.45, 2.75) is 0 Å². The van der Waals surface area contributed by atoms with E-state index in [-0.39, 0.29) is 5.91 Å². The van der Waals surface area contributed by atoms with E-state index >= 15 is 0 Å². The van der Waals surface area contributed by atoms with Gasteiger partial charge in [0.05, 0.1) is 10.6 Å². The average molecular weight is 377 g/mol. The lowest BCUT2D eigenvalue weighted by Gasteiger charge is -2.14. The molecule has 1 aliphatic heterocycles. The van der Waals surface area contributed by atoms with Crippen molar-refractivity contribution in [2.24, 2.45) is 0 Å². The second-order valence-corrected chi connectivity index (χ2v) is 6.87. The third kappa shape index (κ3) is 3.07. The number of thiocarbonyl (C=S) groups is 1. The summed E-state index contributed by atoms with van der Waals surface area (Å²) in [4.78, 5) is 18.7. The van der Waals surface area contributed by atoms with Crippen LogP contribution in [0.25, 0.3) is 6.08 Å². The molecule has 0 atom stereocenters. The molecule has 0 unspecified atom stereocenters. The van der Waals surface area contributed by atoms with Crippen molar-refractivity contribution in [1.82, 2.24) is 4.98 Å². The number of anilines is 1. The second-order valence-electron chi connectivity index (χ2n) is 4.27. The van der Waals surface area contributed by atoms with Crippen LogP contribution in [0, 0.1) is 0 Å². The Balaban J connectivity index is 1.92. The first kappa shape index (κ1) is 14.4. The van der Waals surface area contributed by atoms with Crippen molar-refractivity contribution in [1.29, 1.82) is 0 Å². The van der Waals surface area contributed by atoms with Gasteiger partial charge in [-0.05, 0) is 48.0 Å². The fraction of sp³-hybridized carbons (Fsp3) is 0. The van der Waals surface area contributed by atoms with Crippen LogP contribution < -0.4 is 4.90 Å². The van der Waals surface area contributed by atoms with Gasteiger partial charge >= 0.3 is 0 Å². The van der Waals surface area contributed by atoms with E-state index in [1.807, 2.05) is 42.5 Å². The van der Waals surface area contributed by atoms with Crippen LogP contribution in [0.15, 0.2) is 58.2 Å². The van der Waals surface area contributed by atoms with Gasteiger partial charge in [0, 0.05) is 16.9 Å². The Kier molecular flexibility index (Phi) is 4.19. The summed E-state index contributed by atoms with van der Waals surface area (Å²) in [6.07, 6.45) is 5.22. The van der Waals surface area contributed by atoms with E-state index in [2.05, 4.69) is 20.9 Å². The highest BCUT2D eigenvalue weighted by molar-refractivity contribution is 9.10. The average Bonchev–Trinajstić information content (AvgIpc) is 2.76. The fourth-order valence-electron chi connectivity index (χ4n) is 1.89. The predicted molar refractivity (Wildman–Crippen MR) is 94.0 cm³/mol. The summed E-state index contributed by atoms with van der Waals surface area (Å²) in [6.45, 7) is 0. The molecular weight excluding hydrogens is 368 g/mol. The van der Waals surface area contributed by atoms with E-state index in [9.17, 15) is 4.79 Å². The van der Waals surface area contributed by atoms with Crippen molar-refractivity contribution in [2.75, 3.05) is 4.90 Å². The molecule has 104 valence electrons. The van der Waals surface area contributed by atoms with E-state index in [4.69, 9.17) is 12.2 Å². The van der Waals surface area contributed by atoms with E-state index in [1.54, 1.807) is 17.3 Å². The van der Waals surface area contributed by atoms with Gasteiger partial charge < -0.3 is 0 Å². The maximum Gasteiger partial charge on any atom is 0.270 e. The summed E-state index contributed by atoms with van der Waals surface area (Å²) in [5.41, 5.74) is 1.71. The first-order chi connectivity index (χ1) is 10.1. The molecule has 21 heavy (non-hydrogen) atoms. The highest BCUT2D eigenvalue weighted by Crippen LogP contribution is 2.36. The molecule has 1 amide bonds. The van der Waals surface area contributed by atoms with Crippen LogP contribution in [0.4, 0.5) is 5.69 Å². The van der Waals surface area contributed by atoms with Crippen molar-refractivity contribution in [3.8, 4) is 0 Å². The van der Waals surface area contributed by atoms with E-state index < -0.39 is 0 Å². The maximum absolute atomic E-state index is 12.5. The third-order valence-electron chi connectivity index (χ3n) is 2.88. The normalized spacial score (nSPS) is 16.8. The van der Waals surface area contributed by atoms with Crippen molar-refractivity contribution < 1.29 is 4.79 Å². The van der Waals surface area contributed by atoms with Gasteiger partial charge in [0.1, 0.15) is 0 Å². The Labute approximate surface area is 140 Å². The van der Waals surface area contributed by atoms with Gasteiger partial charge in [-0.25, -0.2) is 0 Å². The quantitative estimate of drug-likeness (QED) is 0.579. The molecule has 1 aromatic heterocycles. The van der Waals surface area contributed by atoms with Gasteiger partial charge in [0.2, 0.25) is 0 Å². The summed E-state index contributed by atoms with van der Waals surface area (Å²) >= 11 is 10.0. The smallest absolute Gasteiger partial charge is 0.268 e. The number of thioether (sulfide) groups is 1. The summed E-state index contributed by atoms with van der Waals surface area (Å²) in [5.74, 6) is -0.0934.